The number of hydrogen-bond acceptors (Lipinski definition) is 3. The molecule has 2 aliphatic rings. The second-order valence-electron chi connectivity index (χ2n) is 5.52. The molecule has 1 aromatic rings. The Morgan fingerprint density at radius 2 is 2.05 bits per heavy atom. The third kappa shape index (κ3) is 2.85. The van der Waals surface area contributed by atoms with Gasteiger partial charge in [-0.1, -0.05) is 6.07 Å². The van der Waals surface area contributed by atoms with E-state index in [0.717, 1.165) is 9.87 Å². The molecular formula is C14H16F2N2O3S. The number of nitrogens with zero attached hydrogens (tertiary/aromatic N) is 1. The molecule has 1 saturated carbocycles. The van der Waals surface area contributed by atoms with Crippen molar-refractivity contribution in [1.29, 1.82) is 0 Å². The third-order valence-corrected chi connectivity index (χ3v) is 5.80. The molecule has 5 nitrogen and oxygen atoms in total. The Balaban J connectivity index is 1.97. The molecule has 0 aromatic heterocycles. The van der Waals surface area contributed by atoms with Crippen molar-refractivity contribution in [2.45, 2.75) is 36.6 Å². The van der Waals surface area contributed by atoms with Crippen molar-refractivity contribution in [3.63, 3.8) is 0 Å². The zero-order valence-corrected chi connectivity index (χ0v) is 12.6. The van der Waals surface area contributed by atoms with Gasteiger partial charge in [-0.2, -0.15) is 4.31 Å². The topological polar surface area (TPSA) is 66.5 Å². The van der Waals surface area contributed by atoms with Crippen LogP contribution in [0, 0.1) is 0 Å². The predicted molar refractivity (Wildman–Crippen MR) is 75.4 cm³/mol. The molecule has 120 valence electrons. The number of rotatable bonds is 5. The van der Waals surface area contributed by atoms with E-state index >= 15 is 0 Å². The van der Waals surface area contributed by atoms with Gasteiger partial charge in [0.2, 0.25) is 10.0 Å². The highest BCUT2D eigenvalue weighted by molar-refractivity contribution is 7.89. The highest BCUT2D eigenvalue weighted by atomic mass is 32.2. The minimum absolute atomic E-state index is 0.101. The third-order valence-electron chi connectivity index (χ3n) is 3.88. The molecule has 1 aliphatic heterocycles. The summed E-state index contributed by atoms with van der Waals surface area (Å²) in [5, 5.41) is 2.65. The maximum absolute atomic E-state index is 12.7. The van der Waals surface area contributed by atoms with Gasteiger partial charge in [0.15, 0.2) is 0 Å². The average molecular weight is 330 g/mol. The second-order valence-corrected chi connectivity index (χ2v) is 7.41. The Hall–Kier alpha value is -1.54. The second kappa shape index (κ2) is 5.58. The molecule has 1 aromatic carbocycles. The van der Waals surface area contributed by atoms with E-state index in [9.17, 15) is 22.0 Å². The van der Waals surface area contributed by atoms with Gasteiger partial charge in [-0.3, -0.25) is 4.79 Å². The summed E-state index contributed by atoms with van der Waals surface area (Å²) >= 11 is 0. The number of carbonyl (C=O) groups excluding carboxylic acids is 1. The quantitative estimate of drug-likeness (QED) is 0.887. The number of amides is 1. The van der Waals surface area contributed by atoms with Crippen molar-refractivity contribution in [3.05, 3.63) is 29.3 Å². The van der Waals surface area contributed by atoms with Crippen LogP contribution in [0.3, 0.4) is 0 Å². The van der Waals surface area contributed by atoms with Crippen LogP contribution in [0.15, 0.2) is 23.1 Å². The fraction of sp³-hybridized carbons (Fsp3) is 0.500. The Morgan fingerprint density at radius 3 is 2.68 bits per heavy atom. The number of hydrogen-bond donors (Lipinski definition) is 1. The first-order chi connectivity index (χ1) is 10.4. The summed E-state index contributed by atoms with van der Waals surface area (Å²) in [6, 6.07) is 3.92. The maximum Gasteiger partial charge on any atom is 0.252 e. The first-order valence-corrected chi connectivity index (χ1v) is 8.54. The number of halogens is 2. The molecule has 1 N–H and O–H groups in total. The number of fused-ring (bicyclic) bond motifs is 1. The summed E-state index contributed by atoms with van der Waals surface area (Å²) in [6.45, 7) is -0.298. The molecule has 22 heavy (non-hydrogen) atoms. The van der Waals surface area contributed by atoms with Crippen molar-refractivity contribution >= 4 is 15.9 Å². The van der Waals surface area contributed by atoms with Crippen LogP contribution in [0.4, 0.5) is 8.78 Å². The van der Waals surface area contributed by atoms with Crippen molar-refractivity contribution in [2.24, 2.45) is 0 Å². The van der Waals surface area contributed by atoms with Gasteiger partial charge in [0.25, 0.3) is 12.3 Å². The highest BCUT2D eigenvalue weighted by Crippen LogP contribution is 2.33. The average Bonchev–Trinajstić information content (AvgIpc) is 3.29. The molecule has 1 amide bonds. The first-order valence-electron chi connectivity index (χ1n) is 7.10. The van der Waals surface area contributed by atoms with Gasteiger partial charge >= 0.3 is 0 Å². The van der Waals surface area contributed by atoms with Crippen LogP contribution in [0.1, 0.15) is 28.8 Å². The number of alkyl halides is 2. The molecule has 1 heterocycles. The largest absolute Gasteiger partial charge is 0.352 e. The van der Waals surface area contributed by atoms with Gasteiger partial charge in [-0.15, -0.1) is 0 Å². The van der Waals surface area contributed by atoms with Gasteiger partial charge in [-0.25, -0.2) is 17.2 Å². The van der Waals surface area contributed by atoms with E-state index in [4.69, 9.17) is 0 Å². The highest BCUT2D eigenvalue weighted by Gasteiger charge is 2.39. The lowest BCUT2D eigenvalue weighted by molar-refractivity contribution is 0.0945. The first kappa shape index (κ1) is 15.4. The molecule has 0 saturated heterocycles. The van der Waals surface area contributed by atoms with Gasteiger partial charge in [0, 0.05) is 18.2 Å². The van der Waals surface area contributed by atoms with E-state index < -0.39 is 23.0 Å². The molecule has 1 fully saturated rings. The monoisotopic (exact) mass is 330 g/mol. The maximum atomic E-state index is 12.7. The summed E-state index contributed by atoms with van der Waals surface area (Å²) in [7, 11) is -4.02. The van der Waals surface area contributed by atoms with Crippen molar-refractivity contribution < 1.29 is 22.0 Å². The lowest BCUT2D eigenvalue weighted by Crippen LogP contribution is -2.37. The van der Waals surface area contributed by atoms with Crippen LogP contribution in [-0.2, 0) is 16.4 Å². The fourth-order valence-electron chi connectivity index (χ4n) is 2.63. The lowest BCUT2D eigenvalue weighted by Gasteiger charge is -2.23. The van der Waals surface area contributed by atoms with E-state index in [0.29, 0.717) is 31.4 Å². The van der Waals surface area contributed by atoms with Gasteiger partial charge in [-0.05, 0) is 37.0 Å². The molecule has 0 unspecified atom stereocenters. The van der Waals surface area contributed by atoms with Crippen LogP contribution in [0.2, 0.25) is 0 Å². The van der Waals surface area contributed by atoms with E-state index in [1.54, 1.807) is 6.07 Å². The predicted octanol–water partition coefficient (Wildman–Crippen LogP) is 1.39. The summed E-state index contributed by atoms with van der Waals surface area (Å²) in [6.07, 6.45) is -0.907. The number of benzene rings is 1. The summed E-state index contributed by atoms with van der Waals surface area (Å²) in [4.78, 5) is 11.7. The molecular weight excluding hydrogens is 314 g/mol. The van der Waals surface area contributed by atoms with E-state index in [1.807, 2.05) is 0 Å². The summed E-state index contributed by atoms with van der Waals surface area (Å²) < 4.78 is 51.4. The molecule has 0 radical (unpaired) electrons. The fourth-order valence-corrected chi connectivity index (χ4v) is 4.32. The molecule has 3 rings (SSSR count). The van der Waals surface area contributed by atoms with Crippen LogP contribution >= 0.6 is 0 Å². The SMILES string of the molecule is O=C1NCCc2ccc(S(=O)(=O)N(CC(F)F)C3CC3)cc21. The van der Waals surface area contributed by atoms with Crippen LogP contribution in [0.5, 0.6) is 0 Å². The van der Waals surface area contributed by atoms with E-state index in [-0.39, 0.29) is 16.8 Å². The van der Waals surface area contributed by atoms with Crippen LogP contribution in [-0.4, -0.2) is 44.2 Å². The Bertz CT molecular complexity index is 702. The van der Waals surface area contributed by atoms with Gasteiger partial charge in [0.05, 0.1) is 11.4 Å². The van der Waals surface area contributed by atoms with E-state index in [1.165, 1.54) is 12.1 Å². The Kier molecular flexibility index (Phi) is 3.90. The Morgan fingerprint density at radius 1 is 1.32 bits per heavy atom. The molecule has 0 spiro atoms. The van der Waals surface area contributed by atoms with Gasteiger partial charge < -0.3 is 5.32 Å². The minimum Gasteiger partial charge on any atom is -0.352 e. The summed E-state index contributed by atoms with van der Waals surface area (Å²) in [5.74, 6) is -0.329. The Labute approximate surface area is 127 Å². The standard InChI is InChI=1S/C14H16F2N2O3S/c15-13(16)8-18(10-2-3-10)22(20,21)11-4-1-9-5-6-17-14(19)12(9)7-11/h1,4,7,10,13H,2-3,5-6,8H2,(H,17,19). The number of sulfonamides is 1. The minimum atomic E-state index is -4.02. The van der Waals surface area contributed by atoms with Crippen LogP contribution < -0.4 is 5.32 Å². The smallest absolute Gasteiger partial charge is 0.252 e. The van der Waals surface area contributed by atoms with Crippen LogP contribution in [0.25, 0.3) is 0 Å². The van der Waals surface area contributed by atoms with Crippen molar-refractivity contribution in [2.75, 3.05) is 13.1 Å². The summed E-state index contributed by atoms with van der Waals surface area (Å²) in [5.41, 5.74) is 1.08. The molecule has 0 bridgehead atoms. The zero-order valence-electron chi connectivity index (χ0n) is 11.8. The normalized spacial score (nSPS) is 18.5. The van der Waals surface area contributed by atoms with Crippen molar-refractivity contribution in [1.82, 2.24) is 9.62 Å². The molecule has 8 heteroatoms. The zero-order chi connectivity index (χ0) is 15.9. The number of nitrogens with one attached hydrogen (secondary N) is 1. The molecule has 0 atom stereocenters. The molecule has 1 aliphatic carbocycles. The van der Waals surface area contributed by atoms with Crippen molar-refractivity contribution in [3.8, 4) is 0 Å². The lowest BCUT2D eigenvalue weighted by atomic mass is 10.0. The van der Waals surface area contributed by atoms with E-state index in [2.05, 4.69) is 5.32 Å². The van der Waals surface area contributed by atoms with Gasteiger partial charge in [0.1, 0.15) is 0 Å². The number of carbonyl (C=O) groups is 1.